The fourth-order valence-corrected chi connectivity index (χ4v) is 1.88. The molecule has 1 aromatic heterocycles. The topological polar surface area (TPSA) is 47.3 Å². The van der Waals surface area contributed by atoms with Gasteiger partial charge in [0.05, 0.1) is 26.0 Å². The molecule has 1 unspecified atom stereocenters. The lowest BCUT2D eigenvalue weighted by Crippen LogP contribution is -2.03. The highest BCUT2D eigenvalue weighted by Crippen LogP contribution is 2.21. The fourth-order valence-electron chi connectivity index (χ4n) is 1.88. The predicted molar refractivity (Wildman–Crippen MR) is 69.5 cm³/mol. The van der Waals surface area contributed by atoms with Crippen LogP contribution in [0.25, 0.3) is 0 Å². The Labute approximate surface area is 111 Å². The third-order valence-electron chi connectivity index (χ3n) is 3.02. The van der Waals surface area contributed by atoms with Crippen LogP contribution >= 0.6 is 0 Å². The van der Waals surface area contributed by atoms with Gasteiger partial charge >= 0.3 is 0 Å². The van der Waals surface area contributed by atoms with Crippen molar-refractivity contribution in [2.45, 2.75) is 26.0 Å². The fraction of sp³-hybridized carbons (Fsp3) is 0.357. The summed E-state index contributed by atoms with van der Waals surface area (Å²) in [5.74, 6) is -0.156. The molecule has 0 saturated heterocycles. The van der Waals surface area contributed by atoms with Gasteiger partial charge in [0.2, 0.25) is 0 Å². The second-order valence-corrected chi connectivity index (χ2v) is 4.33. The van der Waals surface area contributed by atoms with Gasteiger partial charge in [0.15, 0.2) is 11.6 Å². The SMILES string of the molecule is CCC(O)c1cnn(Cc2cccc(OC)c2F)c1. The Balaban J connectivity index is 2.19. The van der Waals surface area contributed by atoms with Crippen molar-refractivity contribution in [3.05, 3.63) is 47.5 Å². The van der Waals surface area contributed by atoms with Crippen molar-refractivity contribution in [2.75, 3.05) is 7.11 Å². The molecule has 1 atom stereocenters. The third-order valence-corrected chi connectivity index (χ3v) is 3.02. The minimum Gasteiger partial charge on any atom is -0.494 e. The molecule has 0 bridgehead atoms. The zero-order valence-electron chi connectivity index (χ0n) is 11.0. The first-order valence-corrected chi connectivity index (χ1v) is 6.17. The smallest absolute Gasteiger partial charge is 0.170 e. The Morgan fingerprint density at radius 2 is 2.26 bits per heavy atom. The molecule has 1 N–H and O–H groups in total. The number of halogens is 1. The maximum absolute atomic E-state index is 14.0. The van der Waals surface area contributed by atoms with E-state index in [1.54, 1.807) is 35.3 Å². The molecule has 0 aliphatic rings. The van der Waals surface area contributed by atoms with E-state index in [1.807, 2.05) is 6.92 Å². The Bertz CT molecular complexity index is 554. The van der Waals surface area contributed by atoms with Crippen LogP contribution in [0.2, 0.25) is 0 Å². The van der Waals surface area contributed by atoms with Crippen LogP contribution in [0.4, 0.5) is 4.39 Å². The Kier molecular flexibility index (Phi) is 4.16. The van der Waals surface area contributed by atoms with Crippen LogP contribution in [0.3, 0.4) is 0 Å². The minimum atomic E-state index is -0.524. The third kappa shape index (κ3) is 2.93. The number of ether oxygens (including phenoxy) is 1. The average Bonchev–Trinajstić information content (AvgIpc) is 2.89. The average molecular weight is 264 g/mol. The van der Waals surface area contributed by atoms with E-state index in [-0.39, 0.29) is 11.6 Å². The van der Waals surface area contributed by atoms with Gasteiger partial charge in [-0.25, -0.2) is 4.39 Å². The molecule has 4 nitrogen and oxygen atoms in total. The second kappa shape index (κ2) is 5.84. The molecule has 0 amide bonds. The molecule has 0 fully saturated rings. The van der Waals surface area contributed by atoms with E-state index < -0.39 is 6.10 Å². The number of hydrogen-bond donors (Lipinski definition) is 1. The zero-order valence-corrected chi connectivity index (χ0v) is 11.0. The van der Waals surface area contributed by atoms with Gasteiger partial charge < -0.3 is 9.84 Å². The zero-order chi connectivity index (χ0) is 13.8. The first kappa shape index (κ1) is 13.5. The van der Waals surface area contributed by atoms with Gasteiger partial charge in [0, 0.05) is 17.3 Å². The van der Waals surface area contributed by atoms with E-state index in [9.17, 15) is 9.50 Å². The largest absolute Gasteiger partial charge is 0.494 e. The summed E-state index contributed by atoms with van der Waals surface area (Å²) in [5, 5.41) is 13.8. The van der Waals surface area contributed by atoms with E-state index in [1.165, 1.54) is 7.11 Å². The van der Waals surface area contributed by atoms with Crippen LogP contribution in [0, 0.1) is 5.82 Å². The van der Waals surface area contributed by atoms with Crippen molar-refractivity contribution in [3.8, 4) is 5.75 Å². The maximum Gasteiger partial charge on any atom is 0.170 e. The van der Waals surface area contributed by atoms with Crippen molar-refractivity contribution in [2.24, 2.45) is 0 Å². The van der Waals surface area contributed by atoms with Gasteiger partial charge in [-0.2, -0.15) is 5.10 Å². The number of nitrogens with zero attached hydrogens (tertiary/aromatic N) is 2. The summed E-state index contributed by atoms with van der Waals surface area (Å²) < 4.78 is 20.5. The van der Waals surface area contributed by atoms with Crippen LogP contribution in [-0.4, -0.2) is 22.0 Å². The van der Waals surface area contributed by atoms with Gasteiger partial charge in [-0.15, -0.1) is 0 Å². The molecule has 102 valence electrons. The summed E-state index contributed by atoms with van der Waals surface area (Å²) in [5.41, 5.74) is 1.24. The van der Waals surface area contributed by atoms with Crippen LogP contribution in [0.5, 0.6) is 5.75 Å². The van der Waals surface area contributed by atoms with E-state index >= 15 is 0 Å². The Morgan fingerprint density at radius 1 is 1.47 bits per heavy atom. The molecule has 0 radical (unpaired) electrons. The summed E-state index contributed by atoms with van der Waals surface area (Å²) >= 11 is 0. The molecule has 19 heavy (non-hydrogen) atoms. The summed E-state index contributed by atoms with van der Waals surface area (Å²) in [6.07, 6.45) is 3.43. The van der Waals surface area contributed by atoms with E-state index in [0.717, 1.165) is 5.56 Å². The highest BCUT2D eigenvalue weighted by molar-refractivity contribution is 5.31. The second-order valence-electron chi connectivity index (χ2n) is 4.33. The molecule has 0 aliphatic carbocycles. The number of aliphatic hydroxyl groups excluding tert-OH is 1. The molecule has 1 heterocycles. The quantitative estimate of drug-likeness (QED) is 0.902. The highest BCUT2D eigenvalue weighted by atomic mass is 19.1. The number of aromatic nitrogens is 2. The van der Waals surface area contributed by atoms with Crippen LogP contribution in [0.1, 0.15) is 30.6 Å². The normalized spacial score (nSPS) is 12.4. The van der Waals surface area contributed by atoms with Gasteiger partial charge in [-0.3, -0.25) is 4.68 Å². The summed E-state index contributed by atoms with van der Waals surface area (Å²) in [4.78, 5) is 0. The summed E-state index contributed by atoms with van der Waals surface area (Å²) in [7, 11) is 1.44. The van der Waals surface area contributed by atoms with Crippen molar-refractivity contribution in [1.29, 1.82) is 0 Å². The van der Waals surface area contributed by atoms with Crippen LogP contribution in [0.15, 0.2) is 30.6 Å². The molecule has 0 aliphatic heterocycles. The van der Waals surface area contributed by atoms with Crippen molar-refractivity contribution in [3.63, 3.8) is 0 Å². The number of benzene rings is 1. The minimum absolute atomic E-state index is 0.221. The Morgan fingerprint density at radius 3 is 2.95 bits per heavy atom. The lowest BCUT2D eigenvalue weighted by molar-refractivity contribution is 0.173. The summed E-state index contributed by atoms with van der Waals surface area (Å²) in [6.45, 7) is 2.20. The molecule has 0 saturated carbocycles. The van der Waals surface area contributed by atoms with Gasteiger partial charge in [-0.1, -0.05) is 19.1 Å². The standard InChI is InChI=1S/C14H17FN2O2/c1-3-12(18)11-7-16-17(9-11)8-10-5-4-6-13(19-2)14(10)15/h4-7,9,12,18H,3,8H2,1-2H3. The van der Waals surface area contributed by atoms with Crippen molar-refractivity contribution >= 4 is 0 Å². The van der Waals surface area contributed by atoms with Gasteiger partial charge in [0.1, 0.15) is 0 Å². The van der Waals surface area contributed by atoms with Gasteiger partial charge in [-0.05, 0) is 12.5 Å². The maximum atomic E-state index is 14.0. The highest BCUT2D eigenvalue weighted by Gasteiger charge is 2.11. The van der Waals surface area contributed by atoms with E-state index in [2.05, 4.69) is 5.10 Å². The molecular weight excluding hydrogens is 247 g/mol. The molecular formula is C14H17FN2O2. The monoisotopic (exact) mass is 264 g/mol. The lowest BCUT2D eigenvalue weighted by atomic mass is 10.1. The van der Waals surface area contributed by atoms with E-state index in [0.29, 0.717) is 18.5 Å². The van der Waals surface area contributed by atoms with Crippen LogP contribution in [-0.2, 0) is 6.54 Å². The van der Waals surface area contributed by atoms with Gasteiger partial charge in [0.25, 0.3) is 0 Å². The van der Waals surface area contributed by atoms with Crippen LogP contribution < -0.4 is 4.74 Å². The molecule has 0 spiro atoms. The first-order chi connectivity index (χ1) is 9.15. The number of hydrogen-bond acceptors (Lipinski definition) is 3. The molecule has 2 aromatic rings. The predicted octanol–water partition coefficient (Wildman–Crippen LogP) is 2.52. The van der Waals surface area contributed by atoms with Crippen molar-refractivity contribution < 1.29 is 14.2 Å². The summed E-state index contributed by atoms with van der Waals surface area (Å²) in [6, 6.07) is 5.01. The molecule has 2 rings (SSSR count). The molecule has 5 heteroatoms. The number of rotatable bonds is 5. The van der Waals surface area contributed by atoms with E-state index in [4.69, 9.17) is 4.74 Å². The Hall–Kier alpha value is -1.88. The number of aliphatic hydroxyl groups is 1. The van der Waals surface area contributed by atoms with Crippen molar-refractivity contribution in [1.82, 2.24) is 9.78 Å². The molecule has 1 aromatic carbocycles. The lowest BCUT2D eigenvalue weighted by Gasteiger charge is -2.07. The first-order valence-electron chi connectivity index (χ1n) is 6.17. The number of methoxy groups -OCH3 is 1.